The number of anilines is 1. The molecule has 1 N–H and O–H groups in total. The van der Waals surface area contributed by atoms with Crippen LogP contribution in [-0.2, 0) is 6.54 Å². The molecule has 0 atom stereocenters. The highest BCUT2D eigenvalue weighted by Crippen LogP contribution is 2.38. The molecule has 19 heavy (non-hydrogen) atoms. The van der Waals surface area contributed by atoms with Crippen LogP contribution in [0.4, 0.5) is 15.8 Å². The van der Waals surface area contributed by atoms with Crippen molar-refractivity contribution in [2.24, 2.45) is 0 Å². The van der Waals surface area contributed by atoms with Gasteiger partial charge in [-0.25, -0.2) is 14.2 Å². The maximum Gasteiger partial charge on any atom is 0.192 e. The van der Waals surface area contributed by atoms with Crippen molar-refractivity contribution in [3.8, 4) is 5.75 Å². The number of H-pyrrole nitrogens is 1. The topological polar surface area (TPSA) is 45.5 Å². The van der Waals surface area contributed by atoms with Crippen molar-refractivity contribution >= 4 is 11.4 Å². The first-order valence-electron chi connectivity index (χ1n) is 5.84. The van der Waals surface area contributed by atoms with Gasteiger partial charge in [-0.05, 0) is 12.1 Å². The van der Waals surface area contributed by atoms with Crippen LogP contribution in [0.15, 0.2) is 24.7 Å². The van der Waals surface area contributed by atoms with Gasteiger partial charge in [-0.15, -0.1) is 0 Å². The van der Waals surface area contributed by atoms with Crippen molar-refractivity contribution < 1.29 is 9.13 Å². The molecule has 0 saturated carbocycles. The first-order valence-corrected chi connectivity index (χ1v) is 5.84. The molecule has 96 valence electrons. The molecule has 1 aromatic carbocycles. The van der Waals surface area contributed by atoms with Gasteiger partial charge in [0.25, 0.3) is 0 Å². The summed E-state index contributed by atoms with van der Waals surface area (Å²) in [5, 5.41) is 0. The van der Waals surface area contributed by atoms with Gasteiger partial charge < -0.3 is 14.6 Å². The number of rotatable bonds is 2. The van der Waals surface area contributed by atoms with Crippen molar-refractivity contribution in [3.05, 3.63) is 47.6 Å². The van der Waals surface area contributed by atoms with Crippen molar-refractivity contribution in [2.75, 3.05) is 18.1 Å². The molecule has 2 heterocycles. The summed E-state index contributed by atoms with van der Waals surface area (Å²) in [6.45, 7) is 8.66. The number of aromatic amines is 1. The number of benzene rings is 1. The van der Waals surface area contributed by atoms with E-state index in [2.05, 4.69) is 14.8 Å². The van der Waals surface area contributed by atoms with E-state index in [4.69, 9.17) is 11.3 Å². The van der Waals surface area contributed by atoms with Gasteiger partial charge in [0.05, 0.1) is 37.4 Å². The Kier molecular flexibility index (Phi) is 2.80. The maximum atomic E-state index is 13.9. The number of halogens is 1. The monoisotopic (exact) mass is 258 g/mol. The molecule has 1 aliphatic heterocycles. The third-order valence-electron chi connectivity index (χ3n) is 3.00. The summed E-state index contributed by atoms with van der Waals surface area (Å²) in [6, 6.07) is 2.85. The zero-order chi connectivity index (χ0) is 13.2. The van der Waals surface area contributed by atoms with Crippen LogP contribution in [0.5, 0.6) is 5.75 Å². The Balaban J connectivity index is 1.99. The molecule has 0 aliphatic carbocycles. The van der Waals surface area contributed by atoms with Crippen LogP contribution >= 0.6 is 0 Å². The van der Waals surface area contributed by atoms with E-state index >= 15 is 0 Å². The summed E-state index contributed by atoms with van der Waals surface area (Å²) in [5.41, 5.74) is 1.82. The number of imidazole rings is 1. The fraction of sp³-hybridized carbons (Fsp3) is 0.231. The predicted octanol–water partition coefficient (Wildman–Crippen LogP) is 2.50. The molecule has 2 aromatic rings. The average molecular weight is 258 g/mol. The Bertz CT molecular complexity index is 633. The summed E-state index contributed by atoms with van der Waals surface area (Å²) in [4.78, 5) is 12.2. The van der Waals surface area contributed by atoms with Gasteiger partial charge in [0.15, 0.2) is 17.3 Å². The second kappa shape index (κ2) is 4.61. The van der Waals surface area contributed by atoms with Crippen molar-refractivity contribution in [1.82, 2.24) is 9.97 Å². The minimum atomic E-state index is -0.488. The number of ether oxygens (including phenoxy) is 1. The molecule has 0 unspecified atom stereocenters. The van der Waals surface area contributed by atoms with Gasteiger partial charge in [0.1, 0.15) is 6.61 Å². The molecule has 5 nitrogen and oxygen atoms in total. The average Bonchev–Trinajstić information content (AvgIpc) is 2.92. The first-order chi connectivity index (χ1) is 9.28. The molecule has 3 rings (SSSR count). The van der Waals surface area contributed by atoms with Gasteiger partial charge in [-0.3, -0.25) is 0 Å². The molecule has 1 aliphatic rings. The molecule has 0 amide bonds. The quantitative estimate of drug-likeness (QED) is 0.842. The zero-order valence-electron chi connectivity index (χ0n) is 10.1. The van der Waals surface area contributed by atoms with E-state index < -0.39 is 5.82 Å². The van der Waals surface area contributed by atoms with Gasteiger partial charge in [0, 0.05) is 6.20 Å². The highest BCUT2D eigenvalue weighted by molar-refractivity contribution is 5.68. The highest BCUT2D eigenvalue weighted by Gasteiger charge is 2.22. The van der Waals surface area contributed by atoms with Crippen LogP contribution in [0.3, 0.4) is 0 Å². The lowest BCUT2D eigenvalue weighted by molar-refractivity contribution is 0.291. The molecule has 0 saturated heterocycles. The molecule has 6 heteroatoms. The zero-order valence-corrected chi connectivity index (χ0v) is 10.1. The Morgan fingerprint density at radius 3 is 3.16 bits per heavy atom. The highest BCUT2D eigenvalue weighted by atomic mass is 19.1. The standard InChI is InChI=1S/C13H11FN4O/c1-15-9-4-11(14)13-12(5-9)18(2-3-19-13)7-10-6-16-8-17-10/h4-6,8H,2-3,7H2,(H,16,17). The fourth-order valence-corrected chi connectivity index (χ4v) is 2.13. The normalized spacial score (nSPS) is 13.6. The van der Waals surface area contributed by atoms with E-state index in [1.54, 1.807) is 18.6 Å². The Morgan fingerprint density at radius 1 is 1.53 bits per heavy atom. The summed E-state index contributed by atoms with van der Waals surface area (Å²) in [5.74, 6) is -0.268. The summed E-state index contributed by atoms with van der Waals surface area (Å²) >= 11 is 0. The second-order valence-electron chi connectivity index (χ2n) is 4.23. The number of hydrogen-bond acceptors (Lipinski definition) is 3. The predicted molar refractivity (Wildman–Crippen MR) is 67.8 cm³/mol. The van der Waals surface area contributed by atoms with Crippen LogP contribution in [-0.4, -0.2) is 23.1 Å². The minimum Gasteiger partial charge on any atom is -0.487 e. The lowest BCUT2D eigenvalue weighted by atomic mass is 10.2. The molecular weight excluding hydrogens is 247 g/mol. The number of nitrogens with zero attached hydrogens (tertiary/aromatic N) is 3. The van der Waals surface area contributed by atoms with E-state index in [0.29, 0.717) is 25.4 Å². The van der Waals surface area contributed by atoms with Crippen molar-refractivity contribution in [2.45, 2.75) is 6.54 Å². The third kappa shape index (κ3) is 2.10. The smallest absolute Gasteiger partial charge is 0.192 e. The van der Waals surface area contributed by atoms with E-state index in [9.17, 15) is 4.39 Å². The summed E-state index contributed by atoms with van der Waals surface area (Å²) < 4.78 is 19.2. The van der Waals surface area contributed by atoms with E-state index in [1.165, 1.54) is 6.07 Å². The van der Waals surface area contributed by atoms with Gasteiger partial charge in [0.2, 0.25) is 0 Å². The molecular formula is C13H11FN4O. The summed E-state index contributed by atoms with van der Waals surface area (Å²) in [7, 11) is 0. The third-order valence-corrected chi connectivity index (χ3v) is 3.00. The van der Waals surface area contributed by atoms with Crippen LogP contribution < -0.4 is 9.64 Å². The molecule has 0 radical (unpaired) electrons. The molecule has 0 spiro atoms. The minimum absolute atomic E-state index is 0.221. The second-order valence-corrected chi connectivity index (χ2v) is 4.23. The molecule has 1 aromatic heterocycles. The van der Waals surface area contributed by atoms with Crippen molar-refractivity contribution in [1.29, 1.82) is 0 Å². The lowest BCUT2D eigenvalue weighted by Gasteiger charge is -2.31. The van der Waals surface area contributed by atoms with E-state index in [0.717, 1.165) is 5.69 Å². The van der Waals surface area contributed by atoms with Gasteiger partial charge in [-0.1, -0.05) is 0 Å². The molecule has 0 fully saturated rings. The van der Waals surface area contributed by atoms with Crippen LogP contribution in [0, 0.1) is 12.4 Å². The van der Waals surface area contributed by atoms with E-state index in [1.807, 2.05) is 4.90 Å². The number of nitrogens with one attached hydrogen (secondary N) is 1. The van der Waals surface area contributed by atoms with Gasteiger partial charge in [-0.2, -0.15) is 0 Å². The number of hydrogen-bond donors (Lipinski definition) is 1. The SMILES string of the molecule is [C-]#[N+]c1cc(F)c2c(c1)N(Cc1cnc[nH]1)CCO2. The van der Waals surface area contributed by atoms with Crippen LogP contribution in [0.1, 0.15) is 5.69 Å². The van der Waals surface area contributed by atoms with Crippen LogP contribution in [0.2, 0.25) is 0 Å². The first kappa shape index (κ1) is 11.5. The Labute approximate surface area is 109 Å². The Hall–Kier alpha value is -2.55. The van der Waals surface area contributed by atoms with Crippen molar-refractivity contribution in [3.63, 3.8) is 0 Å². The lowest BCUT2D eigenvalue weighted by Crippen LogP contribution is -2.32. The van der Waals surface area contributed by atoms with E-state index in [-0.39, 0.29) is 11.4 Å². The Morgan fingerprint density at radius 2 is 2.42 bits per heavy atom. The fourth-order valence-electron chi connectivity index (χ4n) is 2.13. The van der Waals surface area contributed by atoms with Gasteiger partial charge >= 0.3 is 0 Å². The maximum absolute atomic E-state index is 13.9. The number of fused-ring (bicyclic) bond motifs is 1. The largest absolute Gasteiger partial charge is 0.487 e. The van der Waals surface area contributed by atoms with Crippen LogP contribution in [0.25, 0.3) is 4.85 Å². The molecule has 0 bridgehead atoms. The summed E-state index contributed by atoms with van der Waals surface area (Å²) in [6.07, 6.45) is 3.33. The number of aromatic nitrogens is 2.